The van der Waals surface area contributed by atoms with Crippen molar-refractivity contribution in [3.8, 4) is 0 Å². The van der Waals surface area contributed by atoms with E-state index in [1.165, 1.54) is 21.3 Å². The third kappa shape index (κ3) is 1.98. The van der Waals surface area contributed by atoms with E-state index in [0.717, 1.165) is 11.6 Å². The van der Waals surface area contributed by atoms with E-state index in [-0.39, 0.29) is 0 Å². The molecule has 0 saturated carbocycles. The van der Waals surface area contributed by atoms with Gasteiger partial charge >= 0.3 is 0 Å². The first kappa shape index (κ1) is 10.5. The quantitative estimate of drug-likeness (QED) is 0.669. The maximum atomic E-state index is 4.30. The average molecular weight is 242 g/mol. The molecule has 0 aliphatic carbocycles. The van der Waals surface area contributed by atoms with Crippen molar-refractivity contribution in [2.75, 3.05) is 0 Å². The summed E-state index contributed by atoms with van der Waals surface area (Å²) < 4.78 is 2.28. The molecule has 2 aromatic heterocycles. The molecule has 3 aromatic rings. The number of hydrogen-bond acceptors (Lipinski definition) is 2. The van der Waals surface area contributed by atoms with Crippen LogP contribution in [0.25, 0.3) is 10.9 Å². The summed E-state index contributed by atoms with van der Waals surface area (Å²) in [5, 5.41) is 2.44. The van der Waals surface area contributed by atoms with Crippen LogP contribution in [0.15, 0.2) is 36.7 Å². The van der Waals surface area contributed by atoms with Crippen LogP contribution in [0, 0.1) is 13.8 Å². The molecule has 0 saturated heterocycles. The van der Waals surface area contributed by atoms with Crippen LogP contribution in [0.5, 0.6) is 0 Å². The molecule has 0 aliphatic heterocycles. The number of thiazole rings is 1. The third-order valence-electron chi connectivity index (χ3n) is 2.92. The van der Waals surface area contributed by atoms with Crippen LogP contribution in [-0.2, 0) is 6.54 Å². The molecular formula is C14H14N2S. The molecule has 0 fully saturated rings. The molecule has 1 aromatic carbocycles. The zero-order valence-corrected chi connectivity index (χ0v) is 10.8. The molecule has 2 nitrogen and oxygen atoms in total. The highest BCUT2D eigenvalue weighted by Crippen LogP contribution is 2.20. The fourth-order valence-corrected chi connectivity index (χ4v) is 2.90. The SMILES string of the molecule is Cc1ccc2c(ccn2Cc2cnc(C)s2)c1. The van der Waals surface area contributed by atoms with E-state index in [2.05, 4.69) is 46.9 Å². The zero-order valence-electron chi connectivity index (χ0n) is 9.97. The van der Waals surface area contributed by atoms with Gasteiger partial charge in [-0.1, -0.05) is 11.6 Å². The summed E-state index contributed by atoms with van der Waals surface area (Å²) in [6.45, 7) is 5.09. The van der Waals surface area contributed by atoms with Gasteiger partial charge in [0.1, 0.15) is 0 Å². The lowest BCUT2D eigenvalue weighted by atomic mass is 10.2. The van der Waals surface area contributed by atoms with Gasteiger partial charge in [0.25, 0.3) is 0 Å². The summed E-state index contributed by atoms with van der Waals surface area (Å²) in [4.78, 5) is 5.60. The second-order valence-corrected chi connectivity index (χ2v) is 5.67. The Morgan fingerprint density at radius 2 is 2.12 bits per heavy atom. The number of aromatic nitrogens is 2. The van der Waals surface area contributed by atoms with Crippen LogP contribution in [0.4, 0.5) is 0 Å². The molecule has 0 amide bonds. The molecule has 3 heteroatoms. The molecule has 0 unspecified atom stereocenters. The minimum atomic E-state index is 0.915. The number of fused-ring (bicyclic) bond motifs is 1. The molecule has 86 valence electrons. The molecule has 0 spiro atoms. The molecule has 2 heterocycles. The smallest absolute Gasteiger partial charge is 0.0897 e. The summed E-state index contributed by atoms with van der Waals surface area (Å²) in [5.74, 6) is 0. The number of benzene rings is 1. The highest BCUT2D eigenvalue weighted by Gasteiger charge is 2.03. The summed E-state index contributed by atoms with van der Waals surface area (Å²) in [6, 6.07) is 8.76. The number of hydrogen-bond donors (Lipinski definition) is 0. The number of nitrogens with zero attached hydrogens (tertiary/aromatic N) is 2. The predicted octanol–water partition coefficient (Wildman–Crippen LogP) is 3.76. The van der Waals surface area contributed by atoms with Crippen LogP contribution >= 0.6 is 11.3 Å². The Bertz CT molecular complexity index is 664. The second kappa shape index (κ2) is 4.00. The normalized spacial score (nSPS) is 11.2. The Labute approximate surface area is 105 Å². The maximum absolute atomic E-state index is 4.30. The lowest BCUT2D eigenvalue weighted by molar-refractivity contribution is 0.849. The lowest BCUT2D eigenvalue weighted by Crippen LogP contribution is -1.95. The standard InChI is InChI=1S/C14H14N2S/c1-10-3-4-14-12(7-10)5-6-16(14)9-13-8-15-11(2)17-13/h3-8H,9H2,1-2H3. The van der Waals surface area contributed by atoms with Crippen molar-refractivity contribution in [2.24, 2.45) is 0 Å². The molecule has 0 aliphatic rings. The van der Waals surface area contributed by atoms with Gasteiger partial charge in [0, 0.05) is 22.8 Å². The molecule has 0 radical (unpaired) electrons. The van der Waals surface area contributed by atoms with Gasteiger partial charge in [-0.2, -0.15) is 0 Å². The fourth-order valence-electron chi connectivity index (χ4n) is 2.10. The van der Waals surface area contributed by atoms with Crippen molar-refractivity contribution in [3.05, 3.63) is 52.1 Å². The third-order valence-corrected chi connectivity index (χ3v) is 3.82. The van der Waals surface area contributed by atoms with Crippen molar-refractivity contribution in [1.29, 1.82) is 0 Å². The van der Waals surface area contributed by atoms with Crippen LogP contribution in [0.3, 0.4) is 0 Å². The van der Waals surface area contributed by atoms with Crippen molar-refractivity contribution in [1.82, 2.24) is 9.55 Å². The number of aryl methyl sites for hydroxylation is 2. The first-order chi connectivity index (χ1) is 8.22. The molecule has 3 rings (SSSR count). The highest BCUT2D eigenvalue weighted by atomic mass is 32.1. The van der Waals surface area contributed by atoms with Crippen molar-refractivity contribution < 1.29 is 0 Å². The van der Waals surface area contributed by atoms with Crippen molar-refractivity contribution in [3.63, 3.8) is 0 Å². The largest absolute Gasteiger partial charge is 0.342 e. The molecule has 17 heavy (non-hydrogen) atoms. The van der Waals surface area contributed by atoms with E-state index < -0.39 is 0 Å². The van der Waals surface area contributed by atoms with E-state index >= 15 is 0 Å². The van der Waals surface area contributed by atoms with E-state index in [4.69, 9.17) is 0 Å². The highest BCUT2D eigenvalue weighted by molar-refractivity contribution is 7.11. The van der Waals surface area contributed by atoms with Gasteiger partial charge in [0.05, 0.1) is 11.6 Å². The van der Waals surface area contributed by atoms with E-state index in [9.17, 15) is 0 Å². The Morgan fingerprint density at radius 3 is 2.88 bits per heavy atom. The summed E-state index contributed by atoms with van der Waals surface area (Å²) in [5.41, 5.74) is 2.60. The Morgan fingerprint density at radius 1 is 1.24 bits per heavy atom. The maximum Gasteiger partial charge on any atom is 0.0897 e. The number of rotatable bonds is 2. The second-order valence-electron chi connectivity index (χ2n) is 4.35. The van der Waals surface area contributed by atoms with Crippen LogP contribution in [0.2, 0.25) is 0 Å². The minimum absolute atomic E-state index is 0.915. The van der Waals surface area contributed by atoms with Crippen LogP contribution in [0.1, 0.15) is 15.4 Å². The average Bonchev–Trinajstić information content (AvgIpc) is 2.86. The summed E-state index contributed by atoms with van der Waals surface area (Å²) >= 11 is 1.77. The van der Waals surface area contributed by atoms with Gasteiger partial charge in [-0.25, -0.2) is 4.98 Å². The Balaban J connectivity index is 2.00. The fraction of sp³-hybridized carbons (Fsp3) is 0.214. The lowest BCUT2D eigenvalue weighted by Gasteiger charge is -2.03. The van der Waals surface area contributed by atoms with Gasteiger partial charge in [-0.15, -0.1) is 11.3 Å². The van der Waals surface area contributed by atoms with Gasteiger partial charge in [0.2, 0.25) is 0 Å². The molecular weight excluding hydrogens is 228 g/mol. The summed E-state index contributed by atoms with van der Waals surface area (Å²) in [7, 11) is 0. The van der Waals surface area contributed by atoms with Gasteiger partial charge < -0.3 is 4.57 Å². The van der Waals surface area contributed by atoms with Crippen molar-refractivity contribution >= 4 is 22.2 Å². The van der Waals surface area contributed by atoms with E-state index in [1.54, 1.807) is 11.3 Å². The van der Waals surface area contributed by atoms with Crippen LogP contribution < -0.4 is 0 Å². The first-order valence-electron chi connectivity index (χ1n) is 5.69. The van der Waals surface area contributed by atoms with Crippen molar-refractivity contribution in [2.45, 2.75) is 20.4 Å². The van der Waals surface area contributed by atoms with E-state index in [1.807, 2.05) is 13.1 Å². The Hall–Kier alpha value is -1.61. The first-order valence-corrected chi connectivity index (χ1v) is 6.51. The molecule has 0 atom stereocenters. The zero-order chi connectivity index (χ0) is 11.8. The Kier molecular flexibility index (Phi) is 2.48. The molecule has 0 N–H and O–H groups in total. The monoisotopic (exact) mass is 242 g/mol. The van der Waals surface area contributed by atoms with Crippen LogP contribution in [-0.4, -0.2) is 9.55 Å². The van der Waals surface area contributed by atoms with Gasteiger partial charge in [-0.05, 0) is 37.4 Å². The minimum Gasteiger partial charge on any atom is -0.342 e. The topological polar surface area (TPSA) is 17.8 Å². The van der Waals surface area contributed by atoms with E-state index in [0.29, 0.717) is 0 Å². The predicted molar refractivity (Wildman–Crippen MR) is 72.6 cm³/mol. The van der Waals surface area contributed by atoms with Gasteiger partial charge in [0.15, 0.2) is 0 Å². The summed E-state index contributed by atoms with van der Waals surface area (Å²) in [6.07, 6.45) is 4.12. The van der Waals surface area contributed by atoms with Gasteiger partial charge in [-0.3, -0.25) is 0 Å². The molecule has 0 bridgehead atoms.